The van der Waals surface area contributed by atoms with Crippen LogP contribution in [0.25, 0.3) is 0 Å². The molecule has 17 heavy (non-hydrogen) atoms. The Morgan fingerprint density at radius 2 is 1.88 bits per heavy atom. The van der Waals surface area contributed by atoms with Crippen LogP contribution in [0.3, 0.4) is 0 Å². The molecule has 0 aromatic carbocycles. The van der Waals surface area contributed by atoms with Crippen LogP contribution in [0.15, 0.2) is 0 Å². The van der Waals surface area contributed by atoms with Crippen LogP contribution in [-0.4, -0.2) is 42.7 Å². The Labute approximate surface area is 105 Å². The van der Waals surface area contributed by atoms with Crippen molar-refractivity contribution in [2.45, 2.75) is 63.1 Å². The highest BCUT2D eigenvalue weighted by atomic mass is 15.2. The van der Waals surface area contributed by atoms with Gasteiger partial charge < -0.3 is 11.1 Å². The number of nitrogens with two attached hydrogens (primary N) is 1. The lowest BCUT2D eigenvalue weighted by atomic mass is 9.96. The zero-order valence-corrected chi connectivity index (χ0v) is 10.9. The summed E-state index contributed by atoms with van der Waals surface area (Å²) in [5.41, 5.74) is 5.88. The van der Waals surface area contributed by atoms with E-state index in [9.17, 15) is 0 Å². The van der Waals surface area contributed by atoms with Crippen molar-refractivity contribution >= 4 is 0 Å². The zero-order valence-electron chi connectivity index (χ0n) is 10.9. The SMILES string of the molecule is NCC1CCCC1NC1CCN2CCCCC12. The van der Waals surface area contributed by atoms with Gasteiger partial charge in [0.2, 0.25) is 0 Å². The molecular weight excluding hydrogens is 210 g/mol. The lowest BCUT2D eigenvalue weighted by Gasteiger charge is -2.34. The topological polar surface area (TPSA) is 41.3 Å². The van der Waals surface area contributed by atoms with Crippen LogP contribution >= 0.6 is 0 Å². The van der Waals surface area contributed by atoms with Gasteiger partial charge in [0.15, 0.2) is 0 Å². The van der Waals surface area contributed by atoms with E-state index in [2.05, 4.69) is 10.2 Å². The monoisotopic (exact) mass is 237 g/mol. The van der Waals surface area contributed by atoms with E-state index in [0.29, 0.717) is 6.04 Å². The molecule has 0 aromatic heterocycles. The maximum Gasteiger partial charge on any atom is 0.0249 e. The van der Waals surface area contributed by atoms with Gasteiger partial charge in [-0.05, 0) is 51.1 Å². The van der Waals surface area contributed by atoms with Crippen molar-refractivity contribution in [1.29, 1.82) is 0 Å². The number of piperidine rings is 1. The average Bonchev–Trinajstić information content (AvgIpc) is 2.97. The Bertz CT molecular complexity index is 256. The predicted molar refractivity (Wildman–Crippen MR) is 70.9 cm³/mol. The molecule has 4 atom stereocenters. The fourth-order valence-corrected chi connectivity index (χ4v) is 4.26. The van der Waals surface area contributed by atoms with Crippen molar-refractivity contribution < 1.29 is 0 Å². The van der Waals surface area contributed by atoms with E-state index in [-0.39, 0.29) is 0 Å². The highest BCUT2D eigenvalue weighted by Gasteiger charge is 2.38. The highest BCUT2D eigenvalue weighted by Crippen LogP contribution is 2.30. The maximum atomic E-state index is 5.88. The standard InChI is InChI=1S/C14H27N3/c15-10-11-4-3-5-12(11)16-13-7-9-17-8-2-1-6-14(13)17/h11-14,16H,1-10,15H2. The fourth-order valence-electron chi connectivity index (χ4n) is 4.26. The molecule has 3 heteroatoms. The van der Waals surface area contributed by atoms with Crippen molar-refractivity contribution in [2.24, 2.45) is 11.7 Å². The Hall–Kier alpha value is -0.120. The molecule has 0 radical (unpaired) electrons. The van der Waals surface area contributed by atoms with Crippen LogP contribution in [0, 0.1) is 5.92 Å². The third-order valence-corrected chi connectivity index (χ3v) is 5.25. The van der Waals surface area contributed by atoms with Crippen molar-refractivity contribution in [2.75, 3.05) is 19.6 Å². The third kappa shape index (κ3) is 2.38. The smallest absolute Gasteiger partial charge is 0.0249 e. The molecule has 98 valence electrons. The van der Waals surface area contributed by atoms with E-state index in [1.54, 1.807) is 0 Å². The van der Waals surface area contributed by atoms with Crippen molar-refractivity contribution in [3.63, 3.8) is 0 Å². The van der Waals surface area contributed by atoms with E-state index in [4.69, 9.17) is 5.73 Å². The third-order valence-electron chi connectivity index (χ3n) is 5.25. The Balaban J connectivity index is 1.58. The lowest BCUT2D eigenvalue weighted by molar-refractivity contribution is 0.173. The van der Waals surface area contributed by atoms with E-state index >= 15 is 0 Å². The number of nitrogens with zero attached hydrogens (tertiary/aromatic N) is 1. The number of hydrogen-bond acceptors (Lipinski definition) is 3. The van der Waals surface area contributed by atoms with Gasteiger partial charge in [-0.2, -0.15) is 0 Å². The van der Waals surface area contributed by atoms with Gasteiger partial charge >= 0.3 is 0 Å². The summed E-state index contributed by atoms with van der Waals surface area (Å²) < 4.78 is 0. The highest BCUT2D eigenvalue weighted by molar-refractivity contribution is 4.97. The first kappa shape index (κ1) is 11.9. The minimum absolute atomic E-state index is 0.715. The van der Waals surface area contributed by atoms with Gasteiger partial charge in [0.05, 0.1) is 0 Å². The average molecular weight is 237 g/mol. The molecule has 2 heterocycles. The van der Waals surface area contributed by atoms with E-state index < -0.39 is 0 Å². The second kappa shape index (κ2) is 5.25. The summed E-state index contributed by atoms with van der Waals surface area (Å²) in [6, 6.07) is 2.31. The normalized spacial score (nSPS) is 42.9. The molecular formula is C14H27N3. The molecule has 0 aromatic rings. The second-order valence-corrected chi connectivity index (χ2v) is 6.19. The number of hydrogen-bond donors (Lipinski definition) is 2. The Morgan fingerprint density at radius 1 is 0.941 bits per heavy atom. The van der Waals surface area contributed by atoms with E-state index in [0.717, 1.165) is 24.5 Å². The molecule has 3 aliphatic rings. The first-order valence-corrected chi connectivity index (χ1v) is 7.58. The van der Waals surface area contributed by atoms with Crippen LogP contribution in [0.2, 0.25) is 0 Å². The van der Waals surface area contributed by atoms with Crippen LogP contribution in [0.1, 0.15) is 44.9 Å². The zero-order chi connectivity index (χ0) is 11.7. The quantitative estimate of drug-likeness (QED) is 0.778. The van der Waals surface area contributed by atoms with Crippen LogP contribution in [0.5, 0.6) is 0 Å². The molecule has 0 bridgehead atoms. The van der Waals surface area contributed by atoms with Gasteiger partial charge in [-0.25, -0.2) is 0 Å². The van der Waals surface area contributed by atoms with Crippen molar-refractivity contribution in [1.82, 2.24) is 10.2 Å². The maximum absolute atomic E-state index is 5.88. The first-order valence-electron chi connectivity index (χ1n) is 7.58. The molecule has 4 unspecified atom stereocenters. The van der Waals surface area contributed by atoms with Gasteiger partial charge in [0, 0.05) is 24.7 Å². The van der Waals surface area contributed by atoms with Crippen molar-refractivity contribution in [3.05, 3.63) is 0 Å². The Kier molecular flexibility index (Phi) is 3.69. The first-order chi connectivity index (χ1) is 8.38. The fraction of sp³-hybridized carbons (Fsp3) is 1.00. The largest absolute Gasteiger partial charge is 0.330 e. The summed E-state index contributed by atoms with van der Waals surface area (Å²) in [4.78, 5) is 2.72. The van der Waals surface area contributed by atoms with Gasteiger partial charge in [-0.3, -0.25) is 4.90 Å². The predicted octanol–water partition coefficient (Wildman–Crippen LogP) is 1.33. The van der Waals surface area contributed by atoms with Gasteiger partial charge in [-0.15, -0.1) is 0 Å². The van der Waals surface area contributed by atoms with E-state index in [1.165, 1.54) is 58.0 Å². The molecule has 3 N–H and O–H groups in total. The summed E-state index contributed by atoms with van der Waals surface area (Å²) in [5.74, 6) is 0.743. The van der Waals surface area contributed by atoms with Crippen LogP contribution < -0.4 is 11.1 Å². The number of fused-ring (bicyclic) bond motifs is 1. The van der Waals surface area contributed by atoms with Gasteiger partial charge in [0.25, 0.3) is 0 Å². The molecule has 0 amide bonds. The minimum atomic E-state index is 0.715. The van der Waals surface area contributed by atoms with Crippen molar-refractivity contribution in [3.8, 4) is 0 Å². The molecule has 3 fully saturated rings. The lowest BCUT2D eigenvalue weighted by Crippen LogP contribution is -2.49. The molecule has 1 saturated carbocycles. The minimum Gasteiger partial charge on any atom is -0.330 e. The Morgan fingerprint density at radius 3 is 2.76 bits per heavy atom. The number of nitrogens with one attached hydrogen (secondary N) is 1. The van der Waals surface area contributed by atoms with Gasteiger partial charge in [0.1, 0.15) is 0 Å². The van der Waals surface area contributed by atoms with Gasteiger partial charge in [-0.1, -0.05) is 12.8 Å². The van der Waals surface area contributed by atoms with Crippen LogP contribution in [0.4, 0.5) is 0 Å². The molecule has 2 saturated heterocycles. The molecule has 1 aliphatic carbocycles. The summed E-state index contributed by atoms with van der Waals surface area (Å²) in [7, 11) is 0. The molecule has 2 aliphatic heterocycles. The number of rotatable bonds is 3. The summed E-state index contributed by atoms with van der Waals surface area (Å²) in [6.45, 7) is 3.54. The second-order valence-electron chi connectivity index (χ2n) is 6.19. The molecule has 3 nitrogen and oxygen atoms in total. The summed E-state index contributed by atoms with van der Waals surface area (Å²) in [6.07, 6.45) is 9.69. The molecule has 0 spiro atoms. The summed E-state index contributed by atoms with van der Waals surface area (Å²) in [5, 5.41) is 3.96. The van der Waals surface area contributed by atoms with Crippen LogP contribution in [-0.2, 0) is 0 Å². The molecule has 3 rings (SSSR count). The summed E-state index contributed by atoms with van der Waals surface area (Å²) >= 11 is 0. The van der Waals surface area contributed by atoms with E-state index in [1.807, 2.05) is 0 Å².